The van der Waals surface area contributed by atoms with Gasteiger partial charge in [0, 0.05) is 32.2 Å². The van der Waals surface area contributed by atoms with E-state index in [9.17, 15) is 4.79 Å². The molecule has 1 aliphatic carbocycles. The van der Waals surface area contributed by atoms with Gasteiger partial charge in [-0.05, 0) is 52.0 Å². The summed E-state index contributed by atoms with van der Waals surface area (Å²) in [5.41, 5.74) is 0. The topological polar surface area (TPSA) is 35.6 Å². The van der Waals surface area contributed by atoms with Crippen LogP contribution < -0.4 is 5.32 Å². The van der Waals surface area contributed by atoms with Crippen LogP contribution in [0.5, 0.6) is 0 Å². The van der Waals surface area contributed by atoms with Gasteiger partial charge in [-0.3, -0.25) is 0 Å². The fraction of sp³-hybridized carbons (Fsp3) is 0.929. The molecule has 0 atom stereocenters. The molecule has 1 saturated carbocycles. The summed E-state index contributed by atoms with van der Waals surface area (Å²) in [6, 6.07) is 0.854. The van der Waals surface area contributed by atoms with E-state index in [1.54, 1.807) is 0 Å². The lowest BCUT2D eigenvalue weighted by molar-refractivity contribution is 0.140. The highest BCUT2D eigenvalue weighted by Crippen LogP contribution is 2.28. The highest BCUT2D eigenvalue weighted by Gasteiger charge is 2.27. The van der Waals surface area contributed by atoms with Crippen LogP contribution in [0, 0.1) is 5.92 Å². The van der Waals surface area contributed by atoms with Gasteiger partial charge in [-0.1, -0.05) is 0 Å². The highest BCUT2D eigenvalue weighted by atomic mass is 16.2. The van der Waals surface area contributed by atoms with E-state index in [-0.39, 0.29) is 6.03 Å². The van der Waals surface area contributed by atoms with Gasteiger partial charge in [0.1, 0.15) is 0 Å². The summed E-state index contributed by atoms with van der Waals surface area (Å²) in [5, 5.41) is 3.65. The third-order valence-electron chi connectivity index (χ3n) is 4.19. The zero-order valence-electron chi connectivity index (χ0n) is 11.8. The molecule has 4 heteroatoms. The third kappa shape index (κ3) is 3.61. The molecule has 0 aromatic heterocycles. The molecule has 0 bridgehead atoms. The number of carbonyl (C=O) groups is 1. The van der Waals surface area contributed by atoms with E-state index in [1.807, 2.05) is 23.6 Å². The Morgan fingerprint density at radius 2 is 1.78 bits per heavy atom. The molecular formula is C14H27N3O. The summed E-state index contributed by atoms with van der Waals surface area (Å²) < 4.78 is 0. The van der Waals surface area contributed by atoms with E-state index in [2.05, 4.69) is 5.32 Å². The van der Waals surface area contributed by atoms with Crippen molar-refractivity contribution in [3.63, 3.8) is 0 Å². The lowest BCUT2D eigenvalue weighted by atomic mass is 10.1. The molecule has 0 spiro atoms. The molecule has 2 aliphatic rings. The predicted octanol–water partition coefficient (Wildman–Crippen LogP) is 1.91. The van der Waals surface area contributed by atoms with Crippen LogP contribution in [0.4, 0.5) is 4.79 Å². The molecule has 2 rings (SSSR count). The van der Waals surface area contributed by atoms with Crippen molar-refractivity contribution in [2.75, 3.05) is 32.7 Å². The average Bonchev–Trinajstić information content (AvgIpc) is 3.22. The van der Waals surface area contributed by atoms with Crippen molar-refractivity contribution in [2.24, 2.45) is 5.92 Å². The maximum atomic E-state index is 12.2. The predicted molar refractivity (Wildman–Crippen MR) is 73.6 cm³/mol. The van der Waals surface area contributed by atoms with Crippen LogP contribution in [0.1, 0.15) is 39.5 Å². The lowest BCUT2D eigenvalue weighted by Gasteiger charge is -2.35. The second-order valence-electron chi connectivity index (χ2n) is 5.57. The number of hydrogen-bond acceptors (Lipinski definition) is 2. The van der Waals surface area contributed by atoms with Gasteiger partial charge in [0.25, 0.3) is 0 Å². The Hall–Kier alpha value is -0.770. The van der Waals surface area contributed by atoms with Crippen molar-refractivity contribution in [1.29, 1.82) is 0 Å². The van der Waals surface area contributed by atoms with Gasteiger partial charge >= 0.3 is 6.03 Å². The smallest absolute Gasteiger partial charge is 0.319 e. The molecule has 1 heterocycles. The van der Waals surface area contributed by atoms with Crippen LogP contribution >= 0.6 is 0 Å². The van der Waals surface area contributed by atoms with Gasteiger partial charge in [-0.15, -0.1) is 0 Å². The normalized spacial score (nSPS) is 21.1. The quantitative estimate of drug-likeness (QED) is 0.812. The molecule has 0 radical (unpaired) electrons. The fourth-order valence-corrected chi connectivity index (χ4v) is 2.62. The Kier molecular flexibility index (Phi) is 4.87. The Labute approximate surface area is 111 Å². The molecule has 104 valence electrons. The molecule has 2 amide bonds. The van der Waals surface area contributed by atoms with E-state index < -0.39 is 0 Å². The molecule has 4 nitrogen and oxygen atoms in total. The Bertz CT molecular complexity index is 266. The van der Waals surface area contributed by atoms with Crippen molar-refractivity contribution >= 4 is 6.03 Å². The van der Waals surface area contributed by atoms with Crippen molar-refractivity contribution in [1.82, 2.24) is 15.1 Å². The molecule has 2 fully saturated rings. The number of nitrogens with one attached hydrogen (secondary N) is 1. The minimum absolute atomic E-state index is 0.223. The van der Waals surface area contributed by atoms with Crippen molar-refractivity contribution in [3.8, 4) is 0 Å². The van der Waals surface area contributed by atoms with Gasteiger partial charge in [-0.25, -0.2) is 4.79 Å². The van der Waals surface area contributed by atoms with Crippen molar-refractivity contribution < 1.29 is 4.79 Å². The van der Waals surface area contributed by atoms with Gasteiger partial charge < -0.3 is 15.1 Å². The highest BCUT2D eigenvalue weighted by molar-refractivity contribution is 5.74. The number of piperidine rings is 1. The van der Waals surface area contributed by atoms with Gasteiger partial charge in [0.15, 0.2) is 0 Å². The molecule has 0 aromatic carbocycles. The second kappa shape index (κ2) is 6.41. The van der Waals surface area contributed by atoms with Crippen LogP contribution in [0.15, 0.2) is 0 Å². The summed E-state index contributed by atoms with van der Waals surface area (Å²) in [4.78, 5) is 16.1. The van der Waals surface area contributed by atoms with Crippen LogP contribution in [0.25, 0.3) is 0 Å². The molecule has 1 aliphatic heterocycles. The Balaban J connectivity index is 1.69. The van der Waals surface area contributed by atoms with E-state index in [4.69, 9.17) is 0 Å². The standard InChI is InChI=1S/C14H27N3O/c1-3-16(4-2)14(18)17-9-7-13(8-10-17)15-11-12-5-6-12/h12-13,15H,3-11H2,1-2H3. The summed E-state index contributed by atoms with van der Waals surface area (Å²) in [6.45, 7) is 8.74. The first-order valence-electron chi connectivity index (χ1n) is 7.51. The first-order chi connectivity index (χ1) is 8.74. The van der Waals surface area contributed by atoms with Gasteiger partial charge in [-0.2, -0.15) is 0 Å². The van der Waals surface area contributed by atoms with E-state index in [1.165, 1.54) is 19.4 Å². The second-order valence-corrected chi connectivity index (χ2v) is 5.57. The Morgan fingerprint density at radius 3 is 2.28 bits per heavy atom. The molecule has 1 N–H and O–H groups in total. The first-order valence-corrected chi connectivity index (χ1v) is 7.51. The largest absolute Gasteiger partial charge is 0.325 e. The average molecular weight is 253 g/mol. The fourth-order valence-electron chi connectivity index (χ4n) is 2.62. The summed E-state index contributed by atoms with van der Waals surface area (Å²) >= 11 is 0. The Morgan fingerprint density at radius 1 is 1.17 bits per heavy atom. The molecule has 18 heavy (non-hydrogen) atoms. The van der Waals surface area contributed by atoms with Crippen LogP contribution in [0.3, 0.4) is 0 Å². The monoisotopic (exact) mass is 253 g/mol. The van der Waals surface area contributed by atoms with Crippen molar-refractivity contribution in [3.05, 3.63) is 0 Å². The van der Waals surface area contributed by atoms with Crippen LogP contribution in [-0.4, -0.2) is 54.6 Å². The minimum atomic E-state index is 0.223. The zero-order chi connectivity index (χ0) is 13.0. The number of hydrogen-bond donors (Lipinski definition) is 1. The number of carbonyl (C=O) groups excluding carboxylic acids is 1. The third-order valence-corrected chi connectivity index (χ3v) is 4.19. The van der Waals surface area contributed by atoms with Gasteiger partial charge in [0.05, 0.1) is 0 Å². The summed E-state index contributed by atoms with van der Waals surface area (Å²) in [6.07, 6.45) is 5.04. The maximum Gasteiger partial charge on any atom is 0.319 e. The molecule has 0 unspecified atom stereocenters. The number of urea groups is 1. The molecule has 1 saturated heterocycles. The van der Waals surface area contributed by atoms with Gasteiger partial charge in [0.2, 0.25) is 0 Å². The van der Waals surface area contributed by atoms with Crippen LogP contribution in [0.2, 0.25) is 0 Å². The SMILES string of the molecule is CCN(CC)C(=O)N1CCC(NCC2CC2)CC1. The number of nitrogens with zero attached hydrogens (tertiary/aromatic N) is 2. The lowest BCUT2D eigenvalue weighted by Crippen LogP contribution is -2.50. The summed E-state index contributed by atoms with van der Waals surface area (Å²) in [7, 11) is 0. The minimum Gasteiger partial charge on any atom is -0.325 e. The van der Waals surface area contributed by atoms with E-state index in [0.717, 1.165) is 44.9 Å². The number of amides is 2. The molecule has 0 aromatic rings. The van der Waals surface area contributed by atoms with E-state index >= 15 is 0 Å². The van der Waals surface area contributed by atoms with E-state index in [0.29, 0.717) is 6.04 Å². The number of rotatable bonds is 5. The van der Waals surface area contributed by atoms with Crippen molar-refractivity contribution in [2.45, 2.75) is 45.6 Å². The maximum absolute atomic E-state index is 12.2. The first kappa shape index (κ1) is 13.7. The molecular weight excluding hydrogens is 226 g/mol. The van der Waals surface area contributed by atoms with Crippen LogP contribution in [-0.2, 0) is 0 Å². The zero-order valence-corrected chi connectivity index (χ0v) is 11.8. The summed E-state index contributed by atoms with van der Waals surface area (Å²) in [5.74, 6) is 0.945. The number of likely N-dealkylation sites (tertiary alicyclic amines) is 1.